The summed E-state index contributed by atoms with van der Waals surface area (Å²) in [5, 5.41) is 21.2. The lowest BCUT2D eigenvalue weighted by Gasteiger charge is -2.06. The SMILES string of the molecule is C/C(=N\Nc1ccc(CCO)cc1Br)C(=O)O. The zero-order valence-electron chi connectivity index (χ0n) is 9.27. The smallest absolute Gasteiger partial charge is 0.351 e. The normalized spacial score (nSPS) is 11.4. The monoisotopic (exact) mass is 300 g/mol. The molecule has 0 unspecified atom stereocenters. The topological polar surface area (TPSA) is 81.9 Å². The van der Waals surface area contributed by atoms with Crippen LogP contribution in [0.4, 0.5) is 5.69 Å². The molecule has 0 spiro atoms. The van der Waals surface area contributed by atoms with Gasteiger partial charge in [0.1, 0.15) is 5.71 Å². The summed E-state index contributed by atoms with van der Waals surface area (Å²) in [5.74, 6) is -1.06. The molecule has 1 aromatic carbocycles. The van der Waals surface area contributed by atoms with Gasteiger partial charge in [0.05, 0.1) is 5.69 Å². The van der Waals surface area contributed by atoms with Crippen LogP contribution >= 0.6 is 15.9 Å². The fourth-order valence-corrected chi connectivity index (χ4v) is 1.64. The molecule has 0 aliphatic rings. The summed E-state index contributed by atoms with van der Waals surface area (Å²) in [4.78, 5) is 10.5. The number of hydrazone groups is 1. The van der Waals surface area contributed by atoms with E-state index >= 15 is 0 Å². The Morgan fingerprint density at radius 1 is 1.53 bits per heavy atom. The van der Waals surface area contributed by atoms with Gasteiger partial charge in [-0.1, -0.05) is 6.07 Å². The van der Waals surface area contributed by atoms with Gasteiger partial charge >= 0.3 is 5.97 Å². The minimum atomic E-state index is -1.06. The molecule has 5 nitrogen and oxygen atoms in total. The summed E-state index contributed by atoms with van der Waals surface area (Å²) in [6.45, 7) is 1.50. The molecule has 0 saturated carbocycles. The molecule has 0 heterocycles. The molecule has 3 N–H and O–H groups in total. The zero-order chi connectivity index (χ0) is 12.8. The fraction of sp³-hybridized carbons (Fsp3) is 0.273. The van der Waals surface area contributed by atoms with Gasteiger partial charge in [-0.15, -0.1) is 0 Å². The van der Waals surface area contributed by atoms with E-state index in [2.05, 4.69) is 26.5 Å². The summed E-state index contributed by atoms with van der Waals surface area (Å²) in [6, 6.07) is 5.47. The molecule has 0 atom stereocenters. The van der Waals surface area contributed by atoms with Crippen LogP contribution in [0.1, 0.15) is 12.5 Å². The second-order valence-electron chi connectivity index (χ2n) is 3.40. The predicted octanol–water partition coefficient (Wildman–Crippen LogP) is 1.86. The molecule has 17 heavy (non-hydrogen) atoms. The van der Waals surface area contributed by atoms with Crippen molar-refractivity contribution in [1.29, 1.82) is 0 Å². The first kappa shape index (κ1) is 13.7. The Morgan fingerprint density at radius 3 is 2.76 bits per heavy atom. The second-order valence-corrected chi connectivity index (χ2v) is 4.26. The highest BCUT2D eigenvalue weighted by atomic mass is 79.9. The summed E-state index contributed by atoms with van der Waals surface area (Å²) >= 11 is 3.34. The van der Waals surface area contributed by atoms with E-state index in [0.717, 1.165) is 10.0 Å². The third kappa shape index (κ3) is 4.16. The van der Waals surface area contributed by atoms with Crippen LogP contribution in [-0.4, -0.2) is 28.5 Å². The molecule has 0 aromatic heterocycles. The second kappa shape index (κ2) is 6.36. The van der Waals surface area contributed by atoms with E-state index in [9.17, 15) is 4.79 Å². The summed E-state index contributed by atoms with van der Waals surface area (Å²) in [5.41, 5.74) is 4.31. The lowest BCUT2D eigenvalue weighted by atomic mass is 10.1. The van der Waals surface area contributed by atoms with Crippen molar-refractivity contribution in [1.82, 2.24) is 0 Å². The number of hydrogen-bond acceptors (Lipinski definition) is 4. The minimum absolute atomic E-state index is 0.0173. The molecule has 0 fully saturated rings. The number of aliphatic hydroxyl groups is 1. The fourth-order valence-electron chi connectivity index (χ4n) is 1.13. The maximum atomic E-state index is 10.5. The molecule has 0 saturated heterocycles. The first-order valence-electron chi connectivity index (χ1n) is 4.97. The van der Waals surface area contributed by atoms with E-state index in [1.165, 1.54) is 6.92 Å². The number of aliphatic carboxylic acids is 1. The van der Waals surface area contributed by atoms with Crippen LogP contribution in [0, 0.1) is 0 Å². The van der Waals surface area contributed by atoms with Crippen LogP contribution < -0.4 is 5.43 Å². The molecule has 0 amide bonds. The van der Waals surface area contributed by atoms with Gasteiger partial charge < -0.3 is 10.2 Å². The quantitative estimate of drug-likeness (QED) is 0.572. The van der Waals surface area contributed by atoms with Crippen molar-refractivity contribution in [2.45, 2.75) is 13.3 Å². The van der Waals surface area contributed by atoms with Gasteiger partial charge in [-0.2, -0.15) is 5.10 Å². The van der Waals surface area contributed by atoms with Gasteiger partial charge in [0.25, 0.3) is 0 Å². The first-order chi connectivity index (χ1) is 8.04. The van der Waals surface area contributed by atoms with Crippen molar-refractivity contribution < 1.29 is 15.0 Å². The zero-order valence-corrected chi connectivity index (χ0v) is 10.9. The van der Waals surface area contributed by atoms with Crippen LogP contribution in [0.5, 0.6) is 0 Å². The highest BCUT2D eigenvalue weighted by molar-refractivity contribution is 9.10. The van der Waals surface area contributed by atoms with Crippen LogP contribution in [0.25, 0.3) is 0 Å². The number of nitrogens with one attached hydrogen (secondary N) is 1. The molecular formula is C11H13BrN2O3. The molecule has 0 bridgehead atoms. The molecule has 6 heteroatoms. The van der Waals surface area contributed by atoms with E-state index in [4.69, 9.17) is 10.2 Å². The van der Waals surface area contributed by atoms with Gasteiger partial charge in [-0.3, -0.25) is 5.43 Å². The van der Waals surface area contributed by atoms with Crippen molar-refractivity contribution >= 4 is 33.3 Å². The average molecular weight is 301 g/mol. The number of halogens is 1. The third-order valence-corrected chi connectivity index (χ3v) is 2.74. The molecule has 0 radical (unpaired) electrons. The van der Waals surface area contributed by atoms with Crippen molar-refractivity contribution in [2.24, 2.45) is 5.10 Å². The maximum absolute atomic E-state index is 10.5. The maximum Gasteiger partial charge on any atom is 0.351 e. The summed E-state index contributed by atoms with van der Waals surface area (Å²) in [6.07, 6.45) is 0.580. The standard InChI is InChI=1S/C11H13BrN2O3/c1-7(11(16)17)13-14-10-3-2-8(4-5-15)6-9(10)12/h2-3,6,14-15H,4-5H2,1H3,(H,16,17)/b13-7+. The number of carbonyl (C=O) groups is 1. The van der Waals surface area contributed by atoms with Crippen LogP contribution in [0.2, 0.25) is 0 Å². The van der Waals surface area contributed by atoms with Gasteiger partial charge in [0, 0.05) is 11.1 Å². The lowest BCUT2D eigenvalue weighted by molar-refractivity contribution is -0.129. The number of hydrogen-bond donors (Lipinski definition) is 3. The van der Waals surface area contributed by atoms with Gasteiger partial charge in [-0.05, 0) is 47.0 Å². The molecule has 92 valence electrons. The number of rotatable bonds is 5. The van der Waals surface area contributed by atoms with Crippen molar-refractivity contribution in [3.05, 3.63) is 28.2 Å². The molecule has 1 rings (SSSR count). The molecular weight excluding hydrogens is 288 g/mol. The van der Waals surface area contributed by atoms with Crippen LogP contribution in [0.3, 0.4) is 0 Å². The first-order valence-corrected chi connectivity index (χ1v) is 5.76. The number of benzene rings is 1. The average Bonchev–Trinajstić information content (AvgIpc) is 2.27. The Bertz CT molecular complexity index is 446. The van der Waals surface area contributed by atoms with Crippen molar-refractivity contribution in [2.75, 3.05) is 12.0 Å². The molecule has 1 aromatic rings. The van der Waals surface area contributed by atoms with E-state index < -0.39 is 5.97 Å². The van der Waals surface area contributed by atoms with E-state index in [0.29, 0.717) is 12.1 Å². The molecule has 0 aliphatic heterocycles. The van der Waals surface area contributed by atoms with Crippen molar-refractivity contribution in [3.8, 4) is 0 Å². The number of anilines is 1. The largest absolute Gasteiger partial charge is 0.477 e. The Labute approximate surface area is 107 Å². The Balaban J connectivity index is 2.79. The van der Waals surface area contributed by atoms with Gasteiger partial charge in [0.15, 0.2) is 0 Å². The van der Waals surface area contributed by atoms with Gasteiger partial charge in [-0.25, -0.2) is 4.79 Å². The molecule has 0 aliphatic carbocycles. The Kier molecular flexibility index (Phi) is 5.11. The highest BCUT2D eigenvalue weighted by Crippen LogP contribution is 2.23. The highest BCUT2D eigenvalue weighted by Gasteiger charge is 2.03. The lowest BCUT2D eigenvalue weighted by Crippen LogP contribution is -2.10. The van der Waals surface area contributed by atoms with E-state index in [1.807, 2.05) is 12.1 Å². The van der Waals surface area contributed by atoms with Crippen LogP contribution in [0.15, 0.2) is 27.8 Å². The Morgan fingerprint density at radius 2 is 2.24 bits per heavy atom. The van der Waals surface area contributed by atoms with E-state index in [-0.39, 0.29) is 12.3 Å². The summed E-state index contributed by atoms with van der Waals surface area (Å²) in [7, 11) is 0. The predicted molar refractivity (Wildman–Crippen MR) is 69.3 cm³/mol. The van der Waals surface area contributed by atoms with Crippen LogP contribution in [-0.2, 0) is 11.2 Å². The van der Waals surface area contributed by atoms with Crippen molar-refractivity contribution in [3.63, 3.8) is 0 Å². The van der Waals surface area contributed by atoms with Gasteiger partial charge in [0.2, 0.25) is 0 Å². The number of aliphatic hydroxyl groups excluding tert-OH is 1. The summed E-state index contributed by atoms with van der Waals surface area (Å²) < 4.78 is 0.769. The Hall–Kier alpha value is -1.40. The van der Waals surface area contributed by atoms with E-state index in [1.54, 1.807) is 6.07 Å². The third-order valence-electron chi connectivity index (χ3n) is 2.09. The number of carboxylic acid groups (broad SMARTS) is 1. The number of carboxylic acids is 1. The minimum Gasteiger partial charge on any atom is -0.477 e. The number of nitrogens with zero attached hydrogens (tertiary/aromatic N) is 1.